The van der Waals surface area contributed by atoms with Crippen LogP contribution < -0.4 is 16.2 Å². The van der Waals surface area contributed by atoms with Crippen LogP contribution in [-0.4, -0.2) is 80.1 Å². The minimum absolute atomic E-state index is 0.176. The molecule has 1 aromatic carbocycles. The van der Waals surface area contributed by atoms with Crippen molar-refractivity contribution in [3.8, 4) is 0 Å². The van der Waals surface area contributed by atoms with E-state index in [2.05, 4.69) is 21.1 Å². The Hall–Kier alpha value is -2.06. The van der Waals surface area contributed by atoms with Gasteiger partial charge in [0.15, 0.2) is 5.11 Å². The molecule has 0 amide bonds. The highest BCUT2D eigenvalue weighted by Gasteiger charge is 2.27. The lowest BCUT2D eigenvalue weighted by atomic mass is 10.3. The molecule has 1 aliphatic heterocycles. The Labute approximate surface area is 188 Å². The molecule has 2 rings (SSSR count). The molecule has 1 saturated heterocycles. The molecule has 0 spiro atoms. The first-order valence-corrected chi connectivity index (χ1v) is 12.0. The number of nitrogens with zero attached hydrogens (tertiary/aromatic N) is 3. The zero-order valence-electron chi connectivity index (χ0n) is 17.8. The van der Waals surface area contributed by atoms with Gasteiger partial charge in [-0.05, 0) is 31.2 Å². The molecule has 1 heterocycles. The Morgan fingerprint density at radius 3 is 2.58 bits per heavy atom. The fourth-order valence-electron chi connectivity index (χ4n) is 3.14. The van der Waals surface area contributed by atoms with Crippen LogP contribution >= 0.6 is 12.2 Å². The van der Waals surface area contributed by atoms with Gasteiger partial charge in [-0.25, -0.2) is 8.42 Å². The number of anilines is 1. The van der Waals surface area contributed by atoms with Gasteiger partial charge in [-0.1, -0.05) is 13.8 Å². The lowest BCUT2D eigenvalue weighted by Crippen LogP contribution is -2.41. The van der Waals surface area contributed by atoms with Crippen LogP contribution in [0.4, 0.5) is 11.4 Å². The summed E-state index contributed by atoms with van der Waals surface area (Å²) in [6, 6.07) is 3.64. The second-order valence-corrected chi connectivity index (χ2v) is 9.15. The summed E-state index contributed by atoms with van der Waals surface area (Å²) in [5, 5.41) is 14.5. The summed E-state index contributed by atoms with van der Waals surface area (Å²) in [6.45, 7) is 8.85. The number of sulfonamides is 1. The summed E-state index contributed by atoms with van der Waals surface area (Å²) in [6.07, 6.45) is 0.890. The van der Waals surface area contributed by atoms with Crippen LogP contribution in [0.15, 0.2) is 23.1 Å². The molecule has 0 bridgehead atoms. The monoisotopic (exact) mass is 474 g/mol. The fourth-order valence-corrected chi connectivity index (χ4v) is 4.92. The number of nitro groups is 1. The van der Waals surface area contributed by atoms with Gasteiger partial charge in [-0.15, -0.1) is 0 Å². The maximum atomic E-state index is 13.0. The Morgan fingerprint density at radius 1 is 1.29 bits per heavy atom. The van der Waals surface area contributed by atoms with Gasteiger partial charge in [-0.2, -0.15) is 4.31 Å². The minimum Gasteiger partial charge on any atom is -0.379 e. The summed E-state index contributed by atoms with van der Waals surface area (Å²) >= 11 is 5.24. The molecule has 1 aliphatic rings. The fraction of sp³-hybridized carbons (Fsp3) is 0.611. The Bertz CT molecular complexity index is 857. The van der Waals surface area contributed by atoms with E-state index < -0.39 is 14.9 Å². The number of nitro benzene ring substituents is 1. The van der Waals surface area contributed by atoms with Gasteiger partial charge in [0.25, 0.3) is 5.69 Å². The second kappa shape index (κ2) is 12.1. The van der Waals surface area contributed by atoms with Crippen LogP contribution in [0.5, 0.6) is 0 Å². The van der Waals surface area contributed by atoms with Crippen molar-refractivity contribution in [3.05, 3.63) is 28.3 Å². The average Bonchev–Trinajstić information content (AvgIpc) is 2.76. The van der Waals surface area contributed by atoms with E-state index in [4.69, 9.17) is 17.0 Å². The van der Waals surface area contributed by atoms with Gasteiger partial charge in [0.2, 0.25) is 10.0 Å². The highest BCUT2D eigenvalue weighted by Crippen LogP contribution is 2.28. The van der Waals surface area contributed by atoms with Gasteiger partial charge < -0.3 is 10.1 Å². The highest BCUT2D eigenvalue weighted by atomic mass is 32.2. The van der Waals surface area contributed by atoms with E-state index in [1.807, 2.05) is 0 Å². The maximum absolute atomic E-state index is 13.0. The van der Waals surface area contributed by atoms with Gasteiger partial charge >= 0.3 is 0 Å². The maximum Gasteiger partial charge on any atom is 0.270 e. The topological polar surface area (TPSA) is 129 Å². The third-order valence-corrected chi connectivity index (χ3v) is 7.19. The van der Waals surface area contributed by atoms with E-state index in [0.29, 0.717) is 11.7 Å². The first-order chi connectivity index (χ1) is 14.8. The third kappa shape index (κ3) is 7.25. The largest absolute Gasteiger partial charge is 0.379 e. The van der Waals surface area contributed by atoms with Crippen molar-refractivity contribution >= 4 is 38.7 Å². The number of rotatable bonds is 11. The first-order valence-electron chi connectivity index (χ1n) is 10.2. The molecule has 0 atom stereocenters. The molecule has 13 heteroatoms. The Kier molecular flexibility index (Phi) is 9.84. The number of ether oxygens (including phenoxy) is 1. The van der Waals surface area contributed by atoms with Crippen molar-refractivity contribution < 1.29 is 18.1 Å². The van der Waals surface area contributed by atoms with Crippen molar-refractivity contribution in [1.82, 2.24) is 19.9 Å². The number of nitrogens with one attached hydrogen (secondary N) is 3. The number of hydrogen-bond acceptors (Lipinski definition) is 8. The van der Waals surface area contributed by atoms with Gasteiger partial charge in [-0.3, -0.25) is 25.9 Å². The predicted molar refractivity (Wildman–Crippen MR) is 122 cm³/mol. The molecule has 0 aliphatic carbocycles. The number of benzene rings is 1. The lowest BCUT2D eigenvalue weighted by molar-refractivity contribution is -0.385. The van der Waals surface area contributed by atoms with Crippen molar-refractivity contribution in [2.45, 2.75) is 25.2 Å². The van der Waals surface area contributed by atoms with E-state index in [1.165, 1.54) is 16.4 Å². The van der Waals surface area contributed by atoms with Gasteiger partial charge in [0.1, 0.15) is 4.90 Å². The zero-order chi connectivity index (χ0) is 22.9. The quantitative estimate of drug-likeness (QED) is 0.186. The Balaban J connectivity index is 1.98. The summed E-state index contributed by atoms with van der Waals surface area (Å²) in [5.41, 5.74) is 5.40. The van der Waals surface area contributed by atoms with E-state index in [9.17, 15) is 18.5 Å². The SMILES string of the molecule is CCN(CC)S(=O)(=O)c1cc([N+](=O)[O-])ccc1NNC(=S)NCCCN1CCOCC1. The van der Waals surface area contributed by atoms with Crippen molar-refractivity contribution in [2.24, 2.45) is 0 Å². The van der Waals surface area contributed by atoms with Crippen LogP contribution in [0, 0.1) is 10.1 Å². The summed E-state index contributed by atoms with van der Waals surface area (Å²) in [4.78, 5) is 12.7. The van der Waals surface area contributed by atoms with Crippen LogP contribution in [0.3, 0.4) is 0 Å². The number of thiocarbonyl (C=S) groups is 1. The smallest absolute Gasteiger partial charge is 0.270 e. The van der Waals surface area contributed by atoms with E-state index in [-0.39, 0.29) is 29.4 Å². The molecule has 1 fully saturated rings. The minimum atomic E-state index is -3.92. The summed E-state index contributed by atoms with van der Waals surface area (Å²) < 4.78 is 32.5. The molecule has 0 saturated carbocycles. The molecule has 0 unspecified atom stereocenters. The number of hydrazine groups is 1. The van der Waals surface area contributed by atoms with E-state index >= 15 is 0 Å². The number of hydrogen-bond donors (Lipinski definition) is 3. The molecule has 3 N–H and O–H groups in total. The van der Waals surface area contributed by atoms with E-state index in [0.717, 1.165) is 45.3 Å². The third-order valence-electron chi connectivity index (χ3n) is 4.85. The van der Waals surface area contributed by atoms with E-state index in [1.54, 1.807) is 13.8 Å². The molecule has 1 aromatic rings. The second-order valence-electron chi connectivity index (χ2n) is 6.84. The van der Waals surface area contributed by atoms with Gasteiger partial charge in [0, 0.05) is 44.9 Å². The molecule has 0 radical (unpaired) electrons. The van der Waals surface area contributed by atoms with Crippen LogP contribution in [0.1, 0.15) is 20.3 Å². The van der Waals surface area contributed by atoms with Crippen molar-refractivity contribution in [2.75, 3.05) is 57.9 Å². The van der Waals surface area contributed by atoms with Crippen LogP contribution in [0.2, 0.25) is 0 Å². The molecule has 31 heavy (non-hydrogen) atoms. The predicted octanol–water partition coefficient (Wildman–Crippen LogP) is 1.14. The number of non-ortho nitro benzene ring substituents is 1. The summed E-state index contributed by atoms with van der Waals surface area (Å²) in [5.74, 6) is 0. The number of morpholine rings is 1. The molecule has 174 valence electrons. The average molecular weight is 475 g/mol. The highest BCUT2D eigenvalue weighted by molar-refractivity contribution is 7.89. The van der Waals surface area contributed by atoms with Gasteiger partial charge in [0.05, 0.1) is 23.8 Å². The molecular weight excluding hydrogens is 444 g/mol. The van der Waals surface area contributed by atoms with Crippen LogP contribution in [-0.2, 0) is 14.8 Å². The van der Waals surface area contributed by atoms with Crippen LogP contribution in [0.25, 0.3) is 0 Å². The Morgan fingerprint density at radius 2 is 1.97 bits per heavy atom. The standard InChI is InChI=1S/C18H30N6O5S2/c1-3-23(4-2)31(27,28)17-14-15(24(25)26)6-7-16(17)20-21-18(30)19-8-5-9-22-10-12-29-13-11-22/h6-7,14,20H,3-5,8-13H2,1-2H3,(H2,19,21,30). The molecular formula is C18H30N6O5S2. The first kappa shape index (κ1) is 25.2. The normalized spacial score (nSPS) is 14.9. The summed E-state index contributed by atoms with van der Waals surface area (Å²) in [7, 11) is -3.92. The lowest BCUT2D eigenvalue weighted by Gasteiger charge is -2.26. The zero-order valence-corrected chi connectivity index (χ0v) is 19.4. The molecule has 0 aromatic heterocycles. The molecule has 11 nitrogen and oxygen atoms in total. The van der Waals surface area contributed by atoms with Crippen molar-refractivity contribution in [1.29, 1.82) is 0 Å². The van der Waals surface area contributed by atoms with Crippen molar-refractivity contribution in [3.63, 3.8) is 0 Å².